The number of aliphatic carboxylic acids is 1. The molecule has 0 heterocycles. The first-order valence-corrected chi connectivity index (χ1v) is 7.80. The van der Waals surface area contributed by atoms with E-state index in [4.69, 9.17) is 10.5 Å². The lowest BCUT2D eigenvalue weighted by atomic mass is 9.58. The van der Waals surface area contributed by atoms with Crippen molar-refractivity contribution in [2.75, 3.05) is 6.61 Å². The standard InChI is InChI=1S/C17H23NO3/c18-15-13(8-11-9-14(15)10-11)6-7-21-16(17(19)20)12-4-2-1-3-5-12/h1-5,11,13-16H,6-10,18H2,(H,19,20). The van der Waals surface area contributed by atoms with E-state index in [1.807, 2.05) is 18.2 Å². The third kappa shape index (κ3) is 3.11. The van der Waals surface area contributed by atoms with E-state index in [9.17, 15) is 9.90 Å². The fourth-order valence-corrected chi connectivity index (χ4v) is 3.85. The van der Waals surface area contributed by atoms with Gasteiger partial charge in [-0.15, -0.1) is 0 Å². The first-order valence-electron chi connectivity index (χ1n) is 7.80. The highest BCUT2D eigenvalue weighted by atomic mass is 16.5. The summed E-state index contributed by atoms with van der Waals surface area (Å²) in [4.78, 5) is 11.4. The van der Waals surface area contributed by atoms with Crippen molar-refractivity contribution >= 4 is 5.97 Å². The fraction of sp³-hybridized carbons (Fsp3) is 0.588. The summed E-state index contributed by atoms with van der Waals surface area (Å²) >= 11 is 0. The van der Waals surface area contributed by atoms with Crippen molar-refractivity contribution in [3.05, 3.63) is 35.9 Å². The third-order valence-corrected chi connectivity index (χ3v) is 5.10. The average molecular weight is 289 g/mol. The van der Waals surface area contributed by atoms with Crippen LogP contribution in [0.25, 0.3) is 0 Å². The second-order valence-electron chi connectivity index (χ2n) is 6.46. The molecule has 3 unspecified atom stereocenters. The van der Waals surface area contributed by atoms with E-state index in [2.05, 4.69) is 0 Å². The summed E-state index contributed by atoms with van der Waals surface area (Å²) in [5.74, 6) is 1.10. The summed E-state index contributed by atoms with van der Waals surface area (Å²) in [6.07, 6.45) is 3.76. The van der Waals surface area contributed by atoms with E-state index in [1.54, 1.807) is 12.1 Å². The van der Waals surface area contributed by atoms with Crippen LogP contribution >= 0.6 is 0 Å². The smallest absolute Gasteiger partial charge is 0.337 e. The van der Waals surface area contributed by atoms with Crippen molar-refractivity contribution < 1.29 is 14.6 Å². The van der Waals surface area contributed by atoms with Crippen LogP contribution in [0.1, 0.15) is 37.4 Å². The SMILES string of the molecule is NC1C(CCOC(C(=O)O)c2ccccc2)CC2CC1C2. The number of carboxylic acid groups (broad SMARTS) is 1. The van der Waals surface area contributed by atoms with E-state index < -0.39 is 12.1 Å². The summed E-state index contributed by atoms with van der Waals surface area (Å²) < 4.78 is 5.64. The average Bonchev–Trinajstić information content (AvgIpc) is 2.44. The molecule has 3 saturated carbocycles. The summed E-state index contributed by atoms with van der Waals surface area (Å²) in [6.45, 7) is 0.462. The number of hydrogen-bond donors (Lipinski definition) is 2. The highest BCUT2D eigenvalue weighted by Gasteiger charge is 2.43. The van der Waals surface area contributed by atoms with Gasteiger partial charge in [-0.1, -0.05) is 30.3 Å². The first-order chi connectivity index (χ1) is 10.1. The maximum absolute atomic E-state index is 11.4. The fourth-order valence-electron chi connectivity index (χ4n) is 3.85. The zero-order valence-corrected chi connectivity index (χ0v) is 12.2. The van der Waals surface area contributed by atoms with Crippen molar-refractivity contribution in [2.45, 2.75) is 37.8 Å². The van der Waals surface area contributed by atoms with E-state index in [0.29, 0.717) is 24.0 Å². The second-order valence-corrected chi connectivity index (χ2v) is 6.46. The summed E-state index contributed by atoms with van der Waals surface area (Å²) in [7, 11) is 0. The van der Waals surface area contributed by atoms with Gasteiger partial charge in [-0.2, -0.15) is 0 Å². The molecule has 3 atom stereocenters. The van der Waals surface area contributed by atoms with Crippen LogP contribution in [-0.2, 0) is 9.53 Å². The summed E-state index contributed by atoms with van der Waals surface area (Å²) in [6, 6.07) is 9.40. The van der Waals surface area contributed by atoms with Gasteiger partial charge in [-0.25, -0.2) is 4.79 Å². The molecule has 1 aromatic rings. The molecule has 0 aliphatic heterocycles. The molecule has 0 radical (unpaired) electrons. The molecule has 2 bridgehead atoms. The van der Waals surface area contributed by atoms with Crippen LogP contribution in [0.15, 0.2) is 30.3 Å². The Hall–Kier alpha value is -1.39. The number of nitrogens with two attached hydrogens (primary N) is 1. The minimum Gasteiger partial charge on any atom is -0.479 e. The molecule has 4 nitrogen and oxygen atoms in total. The minimum atomic E-state index is -0.933. The Bertz CT molecular complexity index is 484. The highest BCUT2D eigenvalue weighted by Crippen LogP contribution is 2.48. The quantitative estimate of drug-likeness (QED) is 0.844. The summed E-state index contributed by atoms with van der Waals surface area (Å²) in [5.41, 5.74) is 6.97. The molecule has 0 aromatic heterocycles. The van der Waals surface area contributed by atoms with Crippen LogP contribution in [0.4, 0.5) is 0 Å². The monoisotopic (exact) mass is 289 g/mol. The van der Waals surface area contributed by atoms with Gasteiger partial charge in [0.25, 0.3) is 0 Å². The van der Waals surface area contributed by atoms with Crippen LogP contribution < -0.4 is 5.73 Å². The lowest BCUT2D eigenvalue weighted by molar-refractivity contribution is -0.151. The minimum absolute atomic E-state index is 0.276. The third-order valence-electron chi connectivity index (χ3n) is 5.10. The molecule has 3 aliphatic rings. The van der Waals surface area contributed by atoms with Crippen LogP contribution in [0.5, 0.6) is 0 Å². The highest BCUT2D eigenvalue weighted by molar-refractivity contribution is 5.74. The Morgan fingerprint density at radius 3 is 2.62 bits per heavy atom. The lowest BCUT2D eigenvalue weighted by Crippen LogP contribution is -2.51. The number of carbonyl (C=O) groups is 1. The van der Waals surface area contributed by atoms with Gasteiger partial charge in [-0.05, 0) is 49.0 Å². The lowest BCUT2D eigenvalue weighted by Gasteiger charge is -2.49. The zero-order chi connectivity index (χ0) is 14.8. The van der Waals surface area contributed by atoms with Crippen molar-refractivity contribution in [1.82, 2.24) is 0 Å². The van der Waals surface area contributed by atoms with E-state index in [-0.39, 0.29) is 6.04 Å². The van der Waals surface area contributed by atoms with Crippen molar-refractivity contribution in [3.63, 3.8) is 0 Å². The second kappa shape index (κ2) is 6.16. The van der Waals surface area contributed by atoms with Gasteiger partial charge in [0.15, 0.2) is 6.10 Å². The predicted octanol–water partition coefficient (Wildman–Crippen LogP) is 2.59. The van der Waals surface area contributed by atoms with Gasteiger partial charge in [0, 0.05) is 12.6 Å². The molecule has 4 rings (SSSR count). The Morgan fingerprint density at radius 1 is 1.29 bits per heavy atom. The van der Waals surface area contributed by atoms with Crippen LogP contribution in [0.3, 0.4) is 0 Å². The van der Waals surface area contributed by atoms with Crippen molar-refractivity contribution in [3.8, 4) is 0 Å². The molecule has 3 aliphatic carbocycles. The molecule has 1 aromatic carbocycles. The Morgan fingerprint density at radius 2 is 2.00 bits per heavy atom. The normalized spacial score (nSPS) is 32.2. The zero-order valence-electron chi connectivity index (χ0n) is 12.2. The molecule has 0 saturated heterocycles. The molecule has 0 spiro atoms. The predicted molar refractivity (Wildman–Crippen MR) is 79.7 cm³/mol. The maximum Gasteiger partial charge on any atom is 0.337 e. The van der Waals surface area contributed by atoms with Crippen LogP contribution in [0.2, 0.25) is 0 Å². The Labute approximate surface area is 125 Å². The Balaban J connectivity index is 1.52. The molecule has 114 valence electrons. The molecular weight excluding hydrogens is 266 g/mol. The van der Waals surface area contributed by atoms with Gasteiger partial charge in [-0.3, -0.25) is 0 Å². The molecule has 4 heteroatoms. The molecule has 3 fully saturated rings. The van der Waals surface area contributed by atoms with Crippen LogP contribution in [-0.4, -0.2) is 23.7 Å². The van der Waals surface area contributed by atoms with E-state index >= 15 is 0 Å². The molecule has 21 heavy (non-hydrogen) atoms. The molecular formula is C17H23NO3. The number of fused-ring (bicyclic) bond motifs is 2. The topological polar surface area (TPSA) is 72.5 Å². The molecule has 0 amide bonds. The van der Waals surface area contributed by atoms with Gasteiger partial charge in [0.05, 0.1) is 0 Å². The van der Waals surface area contributed by atoms with Gasteiger partial charge in [0.1, 0.15) is 0 Å². The van der Waals surface area contributed by atoms with Crippen LogP contribution in [0, 0.1) is 17.8 Å². The number of rotatable bonds is 6. The number of carboxylic acids is 1. The van der Waals surface area contributed by atoms with Crippen molar-refractivity contribution in [1.29, 1.82) is 0 Å². The first kappa shape index (κ1) is 14.5. The van der Waals surface area contributed by atoms with Gasteiger partial charge in [0.2, 0.25) is 0 Å². The van der Waals surface area contributed by atoms with E-state index in [0.717, 1.165) is 12.3 Å². The van der Waals surface area contributed by atoms with E-state index in [1.165, 1.54) is 19.3 Å². The molecule has 3 N–H and O–H groups in total. The van der Waals surface area contributed by atoms with Crippen molar-refractivity contribution in [2.24, 2.45) is 23.5 Å². The number of benzene rings is 1. The van der Waals surface area contributed by atoms with Gasteiger partial charge < -0.3 is 15.6 Å². The number of hydrogen-bond acceptors (Lipinski definition) is 3. The largest absolute Gasteiger partial charge is 0.479 e. The number of ether oxygens (including phenoxy) is 1. The summed E-state index contributed by atoms with van der Waals surface area (Å²) in [5, 5.41) is 9.32. The van der Waals surface area contributed by atoms with Gasteiger partial charge >= 0.3 is 5.97 Å². The Kier molecular flexibility index (Phi) is 4.27. The maximum atomic E-state index is 11.4.